The number of benzene rings is 1. The van der Waals surface area contributed by atoms with E-state index in [1.54, 1.807) is 11.8 Å². The maximum atomic E-state index is 9.68. The SMILES string of the molecule is Nc1ccccc1SC1CCCC1O. The van der Waals surface area contributed by atoms with E-state index in [9.17, 15) is 5.11 Å². The van der Waals surface area contributed by atoms with Crippen molar-refractivity contribution in [3.63, 3.8) is 0 Å². The molecule has 0 radical (unpaired) electrons. The Morgan fingerprint density at radius 3 is 2.71 bits per heavy atom. The fourth-order valence-electron chi connectivity index (χ4n) is 1.79. The second-order valence-corrected chi connectivity index (χ2v) is 4.97. The molecule has 3 N–H and O–H groups in total. The van der Waals surface area contributed by atoms with Gasteiger partial charge in [0, 0.05) is 15.8 Å². The van der Waals surface area contributed by atoms with Gasteiger partial charge < -0.3 is 10.8 Å². The lowest BCUT2D eigenvalue weighted by Crippen LogP contribution is -2.15. The van der Waals surface area contributed by atoms with E-state index in [4.69, 9.17) is 5.73 Å². The Bertz CT molecular complexity index is 316. The molecule has 0 amide bonds. The third-order valence-corrected chi connectivity index (χ3v) is 4.09. The molecule has 0 saturated heterocycles. The second kappa shape index (κ2) is 4.24. The van der Waals surface area contributed by atoms with Crippen LogP contribution in [0.15, 0.2) is 29.2 Å². The lowest BCUT2D eigenvalue weighted by molar-refractivity contribution is 0.188. The van der Waals surface area contributed by atoms with E-state index in [1.165, 1.54) is 0 Å². The molecule has 1 aliphatic rings. The van der Waals surface area contributed by atoms with Crippen LogP contribution in [0.25, 0.3) is 0 Å². The summed E-state index contributed by atoms with van der Waals surface area (Å²) < 4.78 is 0. The van der Waals surface area contributed by atoms with Crippen LogP contribution in [0.5, 0.6) is 0 Å². The zero-order valence-corrected chi connectivity index (χ0v) is 8.83. The molecule has 0 heterocycles. The van der Waals surface area contributed by atoms with Crippen LogP contribution in [0, 0.1) is 0 Å². The summed E-state index contributed by atoms with van der Waals surface area (Å²) in [6.45, 7) is 0. The Labute approximate surface area is 88.5 Å². The van der Waals surface area contributed by atoms with Crippen molar-refractivity contribution in [1.29, 1.82) is 0 Å². The van der Waals surface area contributed by atoms with Gasteiger partial charge in [0.15, 0.2) is 0 Å². The highest BCUT2D eigenvalue weighted by molar-refractivity contribution is 8.00. The predicted molar refractivity (Wildman–Crippen MR) is 60.4 cm³/mol. The number of thioether (sulfide) groups is 1. The first kappa shape index (κ1) is 9.87. The molecule has 1 aromatic carbocycles. The van der Waals surface area contributed by atoms with E-state index in [0.717, 1.165) is 29.8 Å². The Balaban J connectivity index is 2.07. The second-order valence-electron chi connectivity index (χ2n) is 3.69. The molecule has 1 aliphatic carbocycles. The van der Waals surface area contributed by atoms with Gasteiger partial charge >= 0.3 is 0 Å². The summed E-state index contributed by atoms with van der Waals surface area (Å²) in [7, 11) is 0. The van der Waals surface area contributed by atoms with Gasteiger partial charge in [-0.15, -0.1) is 11.8 Å². The number of para-hydroxylation sites is 1. The Morgan fingerprint density at radius 2 is 2.07 bits per heavy atom. The topological polar surface area (TPSA) is 46.2 Å². The maximum Gasteiger partial charge on any atom is 0.0662 e. The molecule has 2 unspecified atom stereocenters. The van der Waals surface area contributed by atoms with Crippen molar-refractivity contribution < 1.29 is 5.11 Å². The van der Waals surface area contributed by atoms with Crippen molar-refractivity contribution in [3.8, 4) is 0 Å². The normalized spacial score (nSPS) is 26.6. The number of aliphatic hydroxyl groups excluding tert-OH is 1. The van der Waals surface area contributed by atoms with Crippen LogP contribution < -0.4 is 5.73 Å². The van der Waals surface area contributed by atoms with Crippen LogP contribution in [-0.4, -0.2) is 16.5 Å². The van der Waals surface area contributed by atoms with Crippen LogP contribution in [0.3, 0.4) is 0 Å². The highest BCUT2D eigenvalue weighted by atomic mass is 32.2. The lowest BCUT2D eigenvalue weighted by atomic mass is 10.3. The third kappa shape index (κ3) is 2.04. The van der Waals surface area contributed by atoms with Gasteiger partial charge in [-0.3, -0.25) is 0 Å². The van der Waals surface area contributed by atoms with Crippen molar-refractivity contribution in [2.75, 3.05) is 5.73 Å². The Morgan fingerprint density at radius 1 is 1.29 bits per heavy atom. The Kier molecular flexibility index (Phi) is 2.99. The first-order chi connectivity index (χ1) is 6.77. The number of hydrogen-bond acceptors (Lipinski definition) is 3. The largest absolute Gasteiger partial charge is 0.398 e. The van der Waals surface area contributed by atoms with Crippen molar-refractivity contribution in [1.82, 2.24) is 0 Å². The zero-order valence-electron chi connectivity index (χ0n) is 8.02. The minimum atomic E-state index is -0.153. The fraction of sp³-hybridized carbons (Fsp3) is 0.455. The average molecular weight is 209 g/mol. The van der Waals surface area contributed by atoms with Crippen molar-refractivity contribution in [3.05, 3.63) is 24.3 Å². The van der Waals surface area contributed by atoms with E-state index in [1.807, 2.05) is 24.3 Å². The predicted octanol–water partition coefficient (Wildman–Crippen LogP) is 2.27. The van der Waals surface area contributed by atoms with Crippen LogP contribution in [0.1, 0.15) is 19.3 Å². The number of aliphatic hydroxyl groups is 1. The minimum Gasteiger partial charge on any atom is -0.398 e. The molecule has 1 fully saturated rings. The standard InChI is InChI=1S/C11H15NOS/c12-8-4-1-2-6-10(8)14-11-7-3-5-9(11)13/h1-2,4,6,9,11,13H,3,5,7,12H2. The van der Waals surface area contributed by atoms with Gasteiger partial charge in [0.05, 0.1) is 6.10 Å². The van der Waals surface area contributed by atoms with Gasteiger partial charge in [0.1, 0.15) is 0 Å². The van der Waals surface area contributed by atoms with Crippen LogP contribution in [-0.2, 0) is 0 Å². The smallest absolute Gasteiger partial charge is 0.0662 e. The Hall–Kier alpha value is -0.670. The van der Waals surface area contributed by atoms with E-state index in [-0.39, 0.29) is 6.10 Å². The zero-order chi connectivity index (χ0) is 9.97. The average Bonchev–Trinajstić information content (AvgIpc) is 2.56. The van der Waals surface area contributed by atoms with Gasteiger partial charge in [-0.1, -0.05) is 12.1 Å². The fourth-order valence-corrected chi connectivity index (χ4v) is 3.06. The van der Waals surface area contributed by atoms with Crippen molar-refractivity contribution in [2.45, 2.75) is 35.5 Å². The highest BCUT2D eigenvalue weighted by Gasteiger charge is 2.26. The number of nitrogens with two attached hydrogens (primary N) is 1. The molecule has 1 aromatic rings. The number of anilines is 1. The van der Waals surface area contributed by atoms with Gasteiger partial charge in [-0.25, -0.2) is 0 Å². The molecular weight excluding hydrogens is 194 g/mol. The van der Waals surface area contributed by atoms with Gasteiger partial charge in [0.2, 0.25) is 0 Å². The monoisotopic (exact) mass is 209 g/mol. The summed E-state index contributed by atoms with van der Waals surface area (Å²) >= 11 is 1.71. The lowest BCUT2D eigenvalue weighted by Gasteiger charge is -2.14. The van der Waals surface area contributed by atoms with Crippen LogP contribution in [0.4, 0.5) is 5.69 Å². The molecule has 3 heteroatoms. The molecule has 2 nitrogen and oxygen atoms in total. The van der Waals surface area contributed by atoms with E-state index in [0.29, 0.717) is 5.25 Å². The molecular formula is C11H15NOS. The molecule has 1 saturated carbocycles. The molecule has 0 aromatic heterocycles. The van der Waals surface area contributed by atoms with Crippen LogP contribution >= 0.6 is 11.8 Å². The maximum absolute atomic E-state index is 9.68. The molecule has 76 valence electrons. The quantitative estimate of drug-likeness (QED) is 0.734. The molecule has 0 aliphatic heterocycles. The van der Waals surface area contributed by atoms with E-state index >= 15 is 0 Å². The summed E-state index contributed by atoms with van der Waals surface area (Å²) in [5, 5.41) is 10.0. The summed E-state index contributed by atoms with van der Waals surface area (Å²) in [5.74, 6) is 0. The van der Waals surface area contributed by atoms with Crippen molar-refractivity contribution >= 4 is 17.4 Å². The van der Waals surface area contributed by atoms with E-state index < -0.39 is 0 Å². The first-order valence-corrected chi connectivity index (χ1v) is 5.84. The molecule has 0 bridgehead atoms. The molecule has 2 atom stereocenters. The molecule has 14 heavy (non-hydrogen) atoms. The van der Waals surface area contributed by atoms with Gasteiger partial charge in [-0.2, -0.15) is 0 Å². The van der Waals surface area contributed by atoms with Crippen LogP contribution in [0.2, 0.25) is 0 Å². The van der Waals surface area contributed by atoms with Gasteiger partial charge in [-0.05, 0) is 31.4 Å². The highest BCUT2D eigenvalue weighted by Crippen LogP contribution is 2.37. The summed E-state index contributed by atoms with van der Waals surface area (Å²) in [6, 6.07) is 7.85. The number of hydrogen-bond donors (Lipinski definition) is 2. The molecule has 2 rings (SSSR count). The first-order valence-electron chi connectivity index (χ1n) is 4.96. The minimum absolute atomic E-state index is 0.153. The summed E-state index contributed by atoms with van der Waals surface area (Å²) in [4.78, 5) is 1.10. The number of rotatable bonds is 2. The third-order valence-electron chi connectivity index (χ3n) is 2.62. The van der Waals surface area contributed by atoms with Gasteiger partial charge in [0.25, 0.3) is 0 Å². The number of nitrogen functional groups attached to an aromatic ring is 1. The van der Waals surface area contributed by atoms with Crippen molar-refractivity contribution in [2.24, 2.45) is 0 Å². The van der Waals surface area contributed by atoms with E-state index in [2.05, 4.69) is 0 Å². The summed E-state index contributed by atoms with van der Waals surface area (Å²) in [5.41, 5.74) is 6.66. The molecule has 0 spiro atoms. The summed E-state index contributed by atoms with van der Waals surface area (Å²) in [6.07, 6.45) is 3.01.